The lowest BCUT2D eigenvalue weighted by atomic mass is 10.3. The number of nitrogens with two attached hydrogens (primary N) is 1. The van der Waals surface area contributed by atoms with Crippen molar-refractivity contribution in [3.63, 3.8) is 0 Å². The third kappa shape index (κ3) is 4.22. The van der Waals surface area contributed by atoms with Gasteiger partial charge in [0.05, 0.1) is 7.11 Å². The predicted octanol–water partition coefficient (Wildman–Crippen LogP) is 2.28. The van der Waals surface area contributed by atoms with Gasteiger partial charge in [-0.15, -0.1) is 0 Å². The second-order valence-corrected chi connectivity index (χ2v) is 6.75. The summed E-state index contributed by atoms with van der Waals surface area (Å²) in [6.45, 7) is 4.02. The molecule has 0 spiro atoms. The van der Waals surface area contributed by atoms with Crippen molar-refractivity contribution in [3.05, 3.63) is 28.3 Å². The standard InChI is InChI=1S/C12H17BrN2O3S/c1-8(2)4-5-15-19(16,17)12-7-10(14)9(13)6-11(12)18-3/h4,6-7,15H,5,14H2,1-3H3. The molecular formula is C12H17BrN2O3S. The predicted molar refractivity (Wildman–Crippen MR) is 79.7 cm³/mol. The molecule has 0 aliphatic heterocycles. The van der Waals surface area contributed by atoms with Crippen molar-refractivity contribution >= 4 is 31.6 Å². The van der Waals surface area contributed by atoms with Gasteiger partial charge in [0.2, 0.25) is 10.0 Å². The molecule has 0 saturated heterocycles. The van der Waals surface area contributed by atoms with Crippen LogP contribution in [0.25, 0.3) is 0 Å². The molecule has 3 N–H and O–H groups in total. The van der Waals surface area contributed by atoms with Crippen molar-refractivity contribution in [2.24, 2.45) is 0 Å². The van der Waals surface area contributed by atoms with Crippen molar-refractivity contribution in [1.82, 2.24) is 4.72 Å². The summed E-state index contributed by atoms with van der Waals surface area (Å²) in [4.78, 5) is 0.0258. The number of anilines is 1. The topological polar surface area (TPSA) is 81.4 Å². The average Bonchev–Trinajstić information content (AvgIpc) is 2.31. The first-order valence-electron chi connectivity index (χ1n) is 5.54. The van der Waals surface area contributed by atoms with E-state index in [0.29, 0.717) is 10.2 Å². The summed E-state index contributed by atoms with van der Waals surface area (Å²) in [6.07, 6.45) is 1.78. The van der Waals surface area contributed by atoms with Crippen LogP contribution in [-0.4, -0.2) is 22.1 Å². The van der Waals surface area contributed by atoms with Crippen LogP contribution in [0.4, 0.5) is 5.69 Å². The Morgan fingerprint density at radius 3 is 2.63 bits per heavy atom. The number of halogens is 1. The zero-order valence-corrected chi connectivity index (χ0v) is 13.4. The number of ether oxygens (including phenoxy) is 1. The van der Waals surface area contributed by atoms with E-state index in [9.17, 15) is 8.42 Å². The summed E-state index contributed by atoms with van der Waals surface area (Å²) in [5.74, 6) is 0.241. The van der Waals surface area contributed by atoms with E-state index in [1.165, 1.54) is 19.2 Å². The second-order valence-electron chi connectivity index (χ2n) is 4.16. The summed E-state index contributed by atoms with van der Waals surface area (Å²) < 4.78 is 32.5. The molecule has 0 amide bonds. The van der Waals surface area contributed by atoms with Gasteiger partial charge < -0.3 is 10.5 Å². The number of sulfonamides is 1. The molecule has 0 aliphatic carbocycles. The number of nitrogens with one attached hydrogen (secondary N) is 1. The smallest absolute Gasteiger partial charge is 0.244 e. The Balaban J connectivity index is 3.14. The molecule has 0 atom stereocenters. The van der Waals surface area contributed by atoms with Crippen molar-refractivity contribution in [2.75, 3.05) is 19.4 Å². The Bertz CT molecular complexity index is 593. The number of hydrogen-bond donors (Lipinski definition) is 2. The minimum absolute atomic E-state index is 0.0258. The molecule has 106 valence electrons. The first kappa shape index (κ1) is 16.0. The molecule has 0 radical (unpaired) electrons. The molecule has 0 saturated carbocycles. The highest BCUT2D eigenvalue weighted by atomic mass is 79.9. The molecule has 5 nitrogen and oxygen atoms in total. The van der Waals surface area contributed by atoms with E-state index in [4.69, 9.17) is 10.5 Å². The number of rotatable bonds is 5. The normalized spacial score (nSPS) is 11.2. The number of nitrogen functional groups attached to an aromatic ring is 1. The van der Waals surface area contributed by atoms with Gasteiger partial charge in [-0.05, 0) is 41.9 Å². The second kappa shape index (κ2) is 6.40. The Hall–Kier alpha value is -1.05. The molecule has 0 heterocycles. The maximum Gasteiger partial charge on any atom is 0.244 e. The molecule has 1 aromatic rings. The van der Waals surface area contributed by atoms with E-state index < -0.39 is 10.0 Å². The maximum atomic E-state index is 12.2. The fraction of sp³-hybridized carbons (Fsp3) is 0.333. The monoisotopic (exact) mass is 348 g/mol. The Kier molecular flexibility index (Phi) is 5.39. The Morgan fingerprint density at radius 2 is 2.11 bits per heavy atom. The number of benzene rings is 1. The molecule has 0 unspecified atom stereocenters. The van der Waals surface area contributed by atoms with Gasteiger partial charge >= 0.3 is 0 Å². The molecule has 1 rings (SSSR count). The number of methoxy groups -OCH3 is 1. The van der Waals surface area contributed by atoms with Gasteiger partial charge in [-0.1, -0.05) is 11.6 Å². The molecular weight excluding hydrogens is 332 g/mol. The lowest BCUT2D eigenvalue weighted by Gasteiger charge is -2.11. The average molecular weight is 349 g/mol. The van der Waals surface area contributed by atoms with E-state index in [1.807, 2.05) is 13.8 Å². The van der Waals surface area contributed by atoms with Crippen LogP contribution in [0.15, 0.2) is 33.2 Å². The van der Waals surface area contributed by atoms with Crippen molar-refractivity contribution < 1.29 is 13.2 Å². The van der Waals surface area contributed by atoms with Gasteiger partial charge in [0.25, 0.3) is 0 Å². The van der Waals surface area contributed by atoms with Crippen LogP contribution >= 0.6 is 15.9 Å². The van der Waals surface area contributed by atoms with Gasteiger partial charge in [-0.25, -0.2) is 13.1 Å². The van der Waals surface area contributed by atoms with Crippen molar-refractivity contribution in [2.45, 2.75) is 18.7 Å². The molecule has 19 heavy (non-hydrogen) atoms. The van der Waals surface area contributed by atoms with Crippen LogP contribution in [-0.2, 0) is 10.0 Å². The van der Waals surface area contributed by atoms with E-state index in [0.717, 1.165) is 5.57 Å². The van der Waals surface area contributed by atoms with Gasteiger partial charge in [0.15, 0.2) is 0 Å². The van der Waals surface area contributed by atoms with Crippen molar-refractivity contribution in [1.29, 1.82) is 0 Å². The molecule has 7 heteroatoms. The molecule has 0 aliphatic rings. The number of allylic oxidation sites excluding steroid dienone is 1. The summed E-state index contributed by atoms with van der Waals surface area (Å²) in [6, 6.07) is 2.90. The SMILES string of the molecule is COc1cc(Br)c(N)cc1S(=O)(=O)NCC=C(C)C. The highest BCUT2D eigenvalue weighted by Crippen LogP contribution is 2.32. The minimum Gasteiger partial charge on any atom is -0.495 e. The minimum atomic E-state index is -3.66. The van der Waals surface area contributed by atoms with Gasteiger partial charge in [0, 0.05) is 16.7 Å². The highest BCUT2D eigenvalue weighted by Gasteiger charge is 2.20. The van der Waals surface area contributed by atoms with E-state index >= 15 is 0 Å². The van der Waals surface area contributed by atoms with Crippen LogP contribution in [0.2, 0.25) is 0 Å². The van der Waals surface area contributed by atoms with Crippen molar-refractivity contribution in [3.8, 4) is 5.75 Å². The summed E-state index contributed by atoms with van der Waals surface area (Å²) in [5, 5.41) is 0. The fourth-order valence-electron chi connectivity index (χ4n) is 1.35. The fourth-order valence-corrected chi connectivity index (χ4v) is 2.82. The van der Waals surface area contributed by atoms with Crippen LogP contribution < -0.4 is 15.2 Å². The first-order valence-corrected chi connectivity index (χ1v) is 7.81. The quantitative estimate of drug-likeness (QED) is 0.631. The van der Waals surface area contributed by atoms with Gasteiger partial charge in [-0.2, -0.15) is 0 Å². The molecule has 0 fully saturated rings. The summed E-state index contributed by atoms with van der Waals surface area (Å²) >= 11 is 3.23. The Labute approximate surface area is 122 Å². The van der Waals surface area contributed by atoms with Gasteiger partial charge in [-0.3, -0.25) is 0 Å². The number of hydrogen-bond acceptors (Lipinski definition) is 4. The molecule has 0 bridgehead atoms. The molecule has 1 aromatic carbocycles. The third-order valence-electron chi connectivity index (χ3n) is 2.36. The van der Waals surface area contributed by atoms with E-state index in [-0.39, 0.29) is 17.2 Å². The summed E-state index contributed by atoms with van der Waals surface area (Å²) in [5.41, 5.74) is 7.08. The maximum absolute atomic E-state index is 12.2. The largest absolute Gasteiger partial charge is 0.495 e. The van der Waals surface area contributed by atoms with Gasteiger partial charge in [0.1, 0.15) is 10.6 Å². The van der Waals surface area contributed by atoms with E-state index in [1.54, 1.807) is 6.08 Å². The van der Waals surface area contributed by atoms with Crippen LogP contribution in [0.1, 0.15) is 13.8 Å². The Morgan fingerprint density at radius 1 is 1.47 bits per heavy atom. The lowest BCUT2D eigenvalue weighted by Crippen LogP contribution is -2.24. The van der Waals surface area contributed by atoms with Crippen LogP contribution in [0, 0.1) is 0 Å². The summed E-state index contributed by atoms with van der Waals surface area (Å²) in [7, 11) is -2.25. The first-order chi connectivity index (χ1) is 8.77. The van der Waals surface area contributed by atoms with Crippen LogP contribution in [0.5, 0.6) is 5.75 Å². The van der Waals surface area contributed by atoms with Crippen LogP contribution in [0.3, 0.4) is 0 Å². The third-order valence-corrected chi connectivity index (χ3v) is 4.49. The molecule has 0 aromatic heterocycles. The zero-order chi connectivity index (χ0) is 14.6. The highest BCUT2D eigenvalue weighted by molar-refractivity contribution is 9.10. The zero-order valence-electron chi connectivity index (χ0n) is 11.0. The lowest BCUT2D eigenvalue weighted by molar-refractivity contribution is 0.402. The van der Waals surface area contributed by atoms with E-state index in [2.05, 4.69) is 20.7 Å².